The molecule has 2 aliphatic rings. The number of rotatable bonds is 3. The topological polar surface area (TPSA) is 26.5 Å². The van der Waals surface area contributed by atoms with Gasteiger partial charge >= 0.3 is 0 Å². The maximum absolute atomic E-state index is 12.1. The highest BCUT2D eigenvalue weighted by atomic mass is 79.9. The van der Waals surface area contributed by atoms with E-state index in [1.54, 1.807) is 0 Å². The van der Waals surface area contributed by atoms with E-state index in [2.05, 4.69) is 86.1 Å². The molecule has 0 aromatic heterocycles. The Morgan fingerprint density at radius 3 is 2.23 bits per heavy atom. The van der Waals surface area contributed by atoms with Crippen molar-refractivity contribution in [1.29, 1.82) is 0 Å². The summed E-state index contributed by atoms with van der Waals surface area (Å²) in [5.74, 6) is 1.24. The van der Waals surface area contributed by atoms with E-state index in [0.29, 0.717) is 6.54 Å². The molecule has 0 saturated carbocycles. The third-order valence-corrected chi connectivity index (χ3v) is 6.80. The van der Waals surface area contributed by atoms with E-state index in [1.165, 1.54) is 36.2 Å². The monoisotopic (exact) mass is 461 g/mol. The van der Waals surface area contributed by atoms with E-state index in [1.807, 2.05) is 18.2 Å². The van der Waals surface area contributed by atoms with Crippen LogP contribution in [0.5, 0.6) is 0 Å². The summed E-state index contributed by atoms with van der Waals surface area (Å²) in [6, 6.07) is 27.1. The van der Waals surface area contributed by atoms with Crippen molar-refractivity contribution < 1.29 is 9.68 Å². The van der Waals surface area contributed by atoms with Crippen LogP contribution in [0.25, 0.3) is 11.1 Å². The van der Waals surface area contributed by atoms with Gasteiger partial charge in [-0.1, -0.05) is 70.5 Å². The smallest absolute Gasteiger partial charge is 0.275 e. The minimum absolute atomic E-state index is 0.600. The Hall–Kier alpha value is -2.43. The lowest BCUT2D eigenvalue weighted by molar-refractivity contribution is -0.534. The van der Waals surface area contributed by atoms with Crippen molar-refractivity contribution in [3.05, 3.63) is 88.9 Å². The zero-order chi connectivity index (χ0) is 20.6. The number of hydrogen-bond acceptors (Lipinski definition) is 2. The predicted octanol–water partition coefficient (Wildman–Crippen LogP) is 5.77. The highest BCUT2D eigenvalue weighted by molar-refractivity contribution is 9.10. The number of nitrogens with zero attached hydrogens (tertiary/aromatic N) is 2. The van der Waals surface area contributed by atoms with Gasteiger partial charge in [-0.25, -0.2) is 0 Å². The van der Waals surface area contributed by atoms with E-state index in [9.17, 15) is 5.11 Å². The number of hydrogen-bond donors (Lipinski definition) is 1. The van der Waals surface area contributed by atoms with E-state index >= 15 is 0 Å². The Bertz CT molecular complexity index is 1060. The van der Waals surface area contributed by atoms with Gasteiger partial charge in [0.2, 0.25) is 0 Å². The quantitative estimate of drug-likeness (QED) is 0.501. The molecule has 3 aromatic rings. The number of benzene rings is 3. The highest BCUT2D eigenvalue weighted by Gasteiger charge is 2.53. The lowest BCUT2D eigenvalue weighted by Gasteiger charge is -2.29. The third-order valence-electron chi connectivity index (χ3n) is 6.27. The second kappa shape index (κ2) is 8.01. The number of aliphatic hydroxyl groups is 1. The first kappa shape index (κ1) is 19.5. The maximum atomic E-state index is 12.1. The SMILES string of the molecule is O[C@]1(c2ccc(-c3ccccc3)cc2)C[N+]2=C(CCCCC2)N1c1ccc(Br)cc1. The van der Waals surface area contributed by atoms with Gasteiger partial charge in [-0.2, -0.15) is 4.90 Å². The summed E-state index contributed by atoms with van der Waals surface area (Å²) in [4.78, 5) is 2.17. The molecule has 1 N–H and O–H groups in total. The standard InChI is InChI=1S/C26H26BrN2O/c27-23-14-16-24(17-15-23)29-25-9-5-2-6-18-28(25)19-26(29,30)22-12-10-21(11-13-22)20-7-3-1-4-8-20/h1,3-4,7-8,10-17,30H,2,5-6,9,18-19H2/q+1/t26-/m0/s1. The van der Waals surface area contributed by atoms with Gasteiger partial charge in [0.15, 0.2) is 6.54 Å². The van der Waals surface area contributed by atoms with Crippen LogP contribution < -0.4 is 4.90 Å². The van der Waals surface area contributed by atoms with Gasteiger partial charge < -0.3 is 5.11 Å². The molecule has 0 fully saturated rings. The first-order valence-electron chi connectivity index (χ1n) is 10.7. The summed E-state index contributed by atoms with van der Waals surface area (Å²) in [7, 11) is 0. The van der Waals surface area contributed by atoms with Crippen molar-refractivity contribution in [2.45, 2.75) is 31.4 Å². The lowest BCUT2D eigenvalue weighted by Crippen LogP contribution is -2.47. The fourth-order valence-electron chi connectivity index (χ4n) is 4.76. The van der Waals surface area contributed by atoms with Crippen LogP contribution in [0.15, 0.2) is 83.3 Å². The van der Waals surface area contributed by atoms with E-state index in [0.717, 1.165) is 28.7 Å². The van der Waals surface area contributed by atoms with Crippen molar-refractivity contribution >= 4 is 27.5 Å². The van der Waals surface area contributed by atoms with Crippen molar-refractivity contribution in [3.63, 3.8) is 0 Å². The molecule has 0 bridgehead atoms. The summed E-state index contributed by atoms with van der Waals surface area (Å²) >= 11 is 3.54. The molecule has 152 valence electrons. The Morgan fingerprint density at radius 1 is 0.800 bits per heavy atom. The van der Waals surface area contributed by atoms with Crippen molar-refractivity contribution in [2.75, 3.05) is 18.0 Å². The highest BCUT2D eigenvalue weighted by Crippen LogP contribution is 2.38. The molecule has 30 heavy (non-hydrogen) atoms. The maximum Gasteiger partial charge on any atom is 0.275 e. The van der Waals surface area contributed by atoms with Crippen LogP contribution in [0, 0.1) is 0 Å². The second-order valence-electron chi connectivity index (χ2n) is 8.22. The first-order chi connectivity index (χ1) is 14.6. The number of anilines is 1. The molecular weight excluding hydrogens is 436 g/mol. The van der Waals surface area contributed by atoms with Crippen molar-refractivity contribution in [3.8, 4) is 11.1 Å². The number of amidine groups is 1. The molecular formula is C26H26BrN2O+. The second-order valence-corrected chi connectivity index (χ2v) is 9.14. The Balaban J connectivity index is 1.56. The average molecular weight is 462 g/mol. The van der Waals surface area contributed by atoms with Crippen LogP contribution in [0.2, 0.25) is 0 Å². The number of halogens is 1. The molecule has 0 radical (unpaired) electrons. The predicted molar refractivity (Wildman–Crippen MR) is 126 cm³/mol. The average Bonchev–Trinajstić information content (AvgIpc) is 2.91. The molecule has 0 saturated heterocycles. The molecule has 2 aliphatic heterocycles. The minimum Gasteiger partial charge on any atom is -0.346 e. The zero-order valence-electron chi connectivity index (χ0n) is 17.0. The fourth-order valence-corrected chi connectivity index (χ4v) is 5.02. The minimum atomic E-state index is -1.07. The summed E-state index contributed by atoms with van der Waals surface area (Å²) in [6.07, 6.45) is 4.60. The lowest BCUT2D eigenvalue weighted by atomic mass is 9.96. The van der Waals surface area contributed by atoms with Gasteiger partial charge in [0.05, 0.1) is 6.54 Å². The van der Waals surface area contributed by atoms with Crippen LogP contribution >= 0.6 is 15.9 Å². The van der Waals surface area contributed by atoms with Crippen molar-refractivity contribution in [1.82, 2.24) is 0 Å². The fraction of sp³-hybridized carbons (Fsp3) is 0.269. The molecule has 1 atom stereocenters. The van der Waals surface area contributed by atoms with Crippen LogP contribution in [0.3, 0.4) is 0 Å². The van der Waals surface area contributed by atoms with E-state index < -0.39 is 5.72 Å². The van der Waals surface area contributed by atoms with Gasteiger partial charge in [-0.3, -0.25) is 4.58 Å². The zero-order valence-corrected chi connectivity index (χ0v) is 18.6. The molecule has 0 amide bonds. The Labute approximate surface area is 186 Å². The summed E-state index contributed by atoms with van der Waals surface area (Å²) in [5, 5.41) is 12.1. The van der Waals surface area contributed by atoms with Gasteiger partial charge in [-0.15, -0.1) is 0 Å². The summed E-state index contributed by atoms with van der Waals surface area (Å²) < 4.78 is 3.43. The molecule has 0 spiro atoms. The first-order valence-corrected chi connectivity index (χ1v) is 11.5. The largest absolute Gasteiger partial charge is 0.346 e. The van der Waals surface area contributed by atoms with Gasteiger partial charge in [0.1, 0.15) is 5.69 Å². The van der Waals surface area contributed by atoms with Gasteiger partial charge in [0.25, 0.3) is 11.6 Å². The summed E-state index contributed by atoms with van der Waals surface area (Å²) in [6.45, 7) is 1.61. The summed E-state index contributed by atoms with van der Waals surface area (Å²) in [5.41, 5.74) is 3.25. The van der Waals surface area contributed by atoms with Crippen LogP contribution in [0.1, 0.15) is 31.2 Å². The molecule has 5 rings (SSSR count). The molecule has 3 nitrogen and oxygen atoms in total. The Morgan fingerprint density at radius 2 is 1.50 bits per heavy atom. The van der Waals surface area contributed by atoms with Crippen molar-refractivity contribution in [2.24, 2.45) is 0 Å². The van der Waals surface area contributed by atoms with Crippen LogP contribution in [-0.2, 0) is 5.72 Å². The van der Waals surface area contributed by atoms with Gasteiger partial charge in [0, 0.05) is 16.5 Å². The molecule has 0 unspecified atom stereocenters. The van der Waals surface area contributed by atoms with E-state index in [-0.39, 0.29) is 0 Å². The van der Waals surface area contributed by atoms with Crippen LogP contribution in [0.4, 0.5) is 5.69 Å². The van der Waals surface area contributed by atoms with Crippen LogP contribution in [-0.4, -0.2) is 28.6 Å². The molecule has 2 heterocycles. The third kappa shape index (κ3) is 3.48. The Kier molecular flexibility index (Phi) is 5.21. The van der Waals surface area contributed by atoms with Gasteiger partial charge in [-0.05, 0) is 54.7 Å². The normalized spacial score (nSPS) is 21.5. The molecule has 4 heteroatoms. The molecule has 0 aliphatic carbocycles. The van der Waals surface area contributed by atoms with E-state index in [4.69, 9.17) is 0 Å². The molecule has 3 aromatic carbocycles.